The molecule has 214 valence electrons. The molecule has 0 spiro atoms. The molecule has 0 radical (unpaired) electrons. The molecule has 1 unspecified atom stereocenters. The number of hydrogen-bond acceptors (Lipinski definition) is 9. The summed E-state index contributed by atoms with van der Waals surface area (Å²) in [5, 5.41) is 15.9. The lowest BCUT2D eigenvalue weighted by Crippen LogP contribution is -2.43. The third kappa shape index (κ3) is 6.83. The molecule has 1 atom stereocenters. The lowest BCUT2D eigenvalue weighted by Gasteiger charge is -2.34. The summed E-state index contributed by atoms with van der Waals surface area (Å²) < 4.78 is 21.8. The van der Waals surface area contributed by atoms with Crippen molar-refractivity contribution in [1.82, 2.24) is 15.2 Å². The molecule has 0 bridgehead atoms. The van der Waals surface area contributed by atoms with Gasteiger partial charge in [-0.15, -0.1) is 0 Å². The monoisotopic (exact) mass is 549 g/mol. The minimum absolute atomic E-state index is 0.217. The number of carbonyl (C=O) groups is 1. The Hall–Kier alpha value is -3.40. The molecule has 40 heavy (non-hydrogen) atoms. The minimum Gasteiger partial charge on any atom is -0.486 e. The third-order valence-corrected chi connectivity index (χ3v) is 7.65. The van der Waals surface area contributed by atoms with Gasteiger partial charge in [-0.3, -0.25) is 4.79 Å². The molecule has 3 aromatic rings. The number of piperidine rings is 1. The highest BCUT2D eigenvalue weighted by molar-refractivity contribution is 5.86. The molecule has 2 aliphatic heterocycles. The van der Waals surface area contributed by atoms with Crippen LogP contribution < -0.4 is 19.5 Å². The van der Waals surface area contributed by atoms with Crippen LogP contribution >= 0.6 is 0 Å². The zero-order chi connectivity index (χ0) is 27.9. The van der Waals surface area contributed by atoms with Crippen LogP contribution in [-0.2, 0) is 22.5 Å². The molecule has 2 aromatic carbocycles. The van der Waals surface area contributed by atoms with Crippen LogP contribution in [0.3, 0.4) is 0 Å². The van der Waals surface area contributed by atoms with Gasteiger partial charge in [0.15, 0.2) is 11.5 Å². The third-order valence-electron chi connectivity index (χ3n) is 7.65. The molecule has 9 nitrogen and oxygen atoms in total. The Bertz CT molecular complexity index is 1310. The average Bonchev–Trinajstić information content (AvgIpc) is 2.99. The first-order valence-corrected chi connectivity index (χ1v) is 14.2. The summed E-state index contributed by atoms with van der Waals surface area (Å²) in [6.45, 7) is 6.49. The van der Waals surface area contributed by atoms with Crippen LogP contribution in [-0.4, -0.2) is 73.6 Å². The second kappa shape index (κ2) is 13.3. The van der Waals surface area contributed by atoms with Crippen molar-refractivity contribution in [2.45, 2.75) is 51.3 Å². The second-order valence-electron chi connectivity index (χ2n) is 10.3. The number of methoxy groups -OCH3 is 1. The zero-order valence-electron chi connectivity index (χ0n) is 23.4. The van der Waals surface area contributed by atoms with Gasteiger partial charge in [-0.2, -0.15) is 0 Å². The van der Waals surface area contributed by atoms with Crippen molar-refractivity contribution in [2.24, 2.45) is 0 Å². The van der Waals surface area contributed by atoms with Crippen molar-refractivity contribution < 1.29 is 28.8 Å². The molecule has 3 heterocycles. The number of β-amino-alcohol motifs (C(OH)–C–C–N with tert-alkyl or cyclic N) is 1. The van der Waals surface area contributed by atoms with E-state index in [9.17, 15) is 9.90 Å². The van der Waals surface area contributed by atoms with Crippen LogP contribution in [0.4, 0.5) is 0 Å². The number of benzene rings is 2. The first-order chi connectivity index (χ1) is 19.5. The Morgan fingerprint density at radius 3 is 2.70 bits per heavy atom. The molecular weight excluding hydrogens is 510 g/mol. The summed E-state index contributed by atoms with van der Waals surface area (Å²) in [5.74, 6) is 1.91. The summed E-state index contributed by atoms with van der Waals surface area (Å²) in [6.07, 6.45) is 2.18. The van der Waals surface area contributed by atoms with Crippen molar-refractivity contribution in [2.75, 3.05) is 46.6 Å². The predicted molar refractivity (Wildman–Crippen MR) is 152 cm³/mol. The summed E-state index contributed by atoms with van der Waals surface area (Å²) in [5.41, 5.74) is 3.67. The molecule has 1 fully saturated rings. The Labute approximate surface area is 235 Å². The van der Waals surface area contributed by atoms with E-state index in [2.05, 4.69) is 27.3 Å². The van der Waals surface area contributed by atoms with E-state index in [-0.39, 0.29) is 5.97 Å². The van der Waals surface area contributed by atoms with Gasteiger partial charge in [0.05, 0.1) is 25.3 Å². The quantitative estimate of drug-likeness (QED) is 0.346. The van der Waals surface area contributed by atoms with E-state index in [1.54, 1.807) is 14.0 Å². The van der Waals surface area contributed by atoms with E-state index in [1.165, 1.54) is 5.56 Å². The molecule has 1 saturated heterocycles. The van der Waals surface area contributed by atoms with Crippen molar-refractivity contribution in [3.05, 3.63) is 59.2 Å². The fourth-order valence-electron chi connectivity index (χ4n) is 5.47. The normalized spacial score (nSPS) is 16.6. The van der Waals surface area contributed by atoms with E-state index in [4.69, 9.17) is 18.9 Å². The van der Waals surface area contributed by atoms with E-state index < -0.39 is 6.10 Å². The molecule has 5 rings (SSSR count). The van der Waals surface area contributed by atoms with E-state index in [0.717, 1.165) is 60.5 Å². The number of nitrogens with zero attached hydrogens (tertiary/aromatic N) is 2. The van der Waals surface area contributed by atoms with Gasteiger partial charge in [0, 0.05) is 42.6 Å². The predicted octanol–water partition coefficient (Wildman–Crippen LogP) is 3.80. The highest BCUT2D eigenvalue weighted by Gasteiger charge is 2.23. The van der Waals surface area contributed by atoms with E-state index in [0.29, 0.717) is 56.6 Å². The average molecular weight is 550 g/mol. The van der Waals surface area contributed by atoms with Gasteiger partial charge < -0.3 is 34.3 Å². The van der Waals surface area contributed by atoms with Crippen LogP contribution in [0.2, 0.25) is 0 Å². The zero-order valence-corrected chi connectivity index (χ0v) is 23.4. The second-order valence-corrected chi connectivity index (χ2v) is 10.3. The number of rotatable bonds is 11. The number of aryl methyl sites for hydroxylation is 1. The maximum atomic E-state index is 11.9. The van der Waals surface area contributed by atoms with Crippen LogP contribution in [0.5, 0.6) is 17.4 Å². The lowest BCUT2D eigenvalue weighted by atomic mass is 9.97. The number of fused-ring (bicyclic) bond motifs is 2. The van der Waals surface area contributed by atoms with Gasteiger partial charge in [-0.05, 0) is 68.6 Å². The van der Waals surface area contributed by atoms with Gasteiger partial charge in [-0.1, -0.05) is 18.2 Å². The van der Waals surface area contributed by atoms with Crippen molar-refractivity contribution in [3.8, 4) is 17.4 Å². The number of pyridine rings is 1. The van der Waals surface area contributed by atoms with E-state index >= 15 is 0 Å². The summed E-state index contributed by atoms with van der Waals surface area (Å²) in [4.78, 5) is 18.9. The Morgan fingerprint density at radius 1 is 1.12 bits per heavy atom. The van der Waals surface area contributed by atoms with Crippen LogP contribution in [0.1, 0.15) is 49.0 Å². The first kappa shape index (κ1) is 28.1. The number of carbonyl (C=O) groups excluding carboxylic acids is 1. The number of aliphatic hydroxyl groups excluding tert-OH is 1. The van der Waals surface area contributed by atoms with Crippen LogP contribution in [0, 0.1) is 0 Å². The first-order valence-electron chi connectivity index (χ1n) is 14.2. The van der Waals surface area contributed by atoms with Crippen LogP contribution in [0.25, 0.3) is 10.9 Å². The summed E-state index contributed by atoms with van der Waals surface area (Å²) in [7, 11) is 1.58. The SMILES string of the molecule is CCOC(=O)CCc1ccc(C(O)CN2CCC(NCc3ccc4c(c3)OCCO4)CC2)c2nc(OC)ccc12. The Kier molecular flexibility index (Phi) is 9.36. The molecule has 0 amide bonds. The molecule has 0 aliphatic carbocycles. The van der Waals surface area contributed by atoms with Crippen molar-refractivity contribution >= 4 is 16.9 Å². The number of hydrogen-bond donors (Lipinski definition) is 2. The van der Waals surface area contributed by atoms with E-state index in [1.807, 2.05) is 30.3 Å². The maximum Gasteiger partial charge on any atom is 0.306 e. The number of aliphatic hydroxyl groups is 1. The Morgan fingerprint density at radius 2 is 1.93 bits per heavy atom. The number of ether oxygens (including phenoxy) is 4. The lowest BCUT2D eigenvalue weighted by molar-refractivity contribution is -0.143. The van der Waals surface area contributed by atoms with Gasteiger partial charge >= 0.3 is 5.97 Å². The molecule has 0 saturated carbocycles. The van der Waals surface area contributed by atoms with Crippen molar-refractivity contribution in [3.63, 3.8) is 0 Å². The van der Waals surface area contributed by atoms with Gasteiger partial charge in [0.25, 0.3) is 0 Å². The molecule has 2 N–H and O–H groups in total. The number of esters is 1. The Balaban J connectivity index is 1.18. The van der Waals surface area contributed by atoms with Crippen LogP contribution in [0.15, 0.2) is 42.5 Å². The highest BCUT2D eigenvalue weighted by atomic mass is 16.6. The van der Waals surface area contributed by atoms with Gasteiger partial charge in [0.2, 0.25) is 5.88 Å². The molecule has 2 aliphatic rings. The maximum absolute atomic E-state index is 11.9. The standard InChI is InChI=1S/C31H39N3O6/c1-3-38-30(36)11-6-22-5-7-25(31-24(22)8-10-29(33-31)37-2)26(35)20-34-14-12-23(13-15-34)32-19-21-4-9-27-28(18-21)40-17-16-39-27/h4-5,7-10,18,23,26,32,35H,3,6,11-17,19-20H2,1-2H3. The minimum atomic E-state index is -0.691. The fourth-order valence-corrected chi connectivity index (χ4v) is 5.47. The van der Waals surface area contributed by atoms with Crippen molar-refractivity contribution in [1.29, 1.82) is 0 Å². The molecule has 1 aromatic heterocycles. The summed E-state index contributed by atoms with van der Waals surface area (Å²) in [6, 6.07) is 14.2. The fraction of sp³-hybridized carbons (Fsp3) is 0.484. The smallest absolute Gasteiger partial charge is 0.306 e. The molecular formula is C31H39N3O6. The number of aromatic nitrogens is 1. The topological polar surface area (TPSA) is 102 Å². The highest BCUT2D eigenvalue weighted by Crippen LogP contribution is 2.32. The van der Waals surface area contributed by atoms with Gasteiger partial charge in [0.1, 0.15) is 13.2 Å². The van der Waals surface area contributed by atoms with Gasteiger partial charge in [-0.25, -0.2) is 4.98 Å². The summed E-state index contributed by atoms with van der Waals surface area (Å²) >= 11 is 0. The number of likely N-dealkylation sites (tertiary alicyclic amines) is 1. The number of nitrogens with one attached hydrogen (secondary N) is 1. The molecule has 9 heteroatoms. The largest absolute Gasteiger partial charge is 0.486 e.